The molecule has 202 valence electrons. The minimum Gasteiger partial charge on any atom is -0.493 e. The number of hydrogen-bond donors (Lipinski definition) is 1. The van der Waals surface area contributed by atoms with Gasteiger partial charge in [0.05, 0.1) is 33.9 Å². The van der Waals surface area contributed by atoms with Crippen molar-refractivity contribution < 1.29 is 52.6 Å². The van der Waals surface area contributed by atoms with Gasteiger partial charge in [0.2, 0.25) is 12.5 Å². The van der Waals surface area contributed by atoms with Crippen LogP contribution in [0.5, 0.6) is 28.7 Å². The van der Waals surface area contributed by atoms with E-state index in [4.69, 9.17) is 38.3 Å². The Kier molecular flexibility index (Phi) is 6.92. The van der Waals surface area contributed by atoms with Gasteiger partial charge >= 0.3 is 17.9 Å². The third-order valence-corrected chi connectivity index (χ3v) is 7.20. The van der Waals surface area contributed by atoms with Gasteiger partial charge in [-0.2, -0.15) is 0 Å². The summed E-state index contributed by atoms with van der Waals surface area (Å²) in [6.07, 6.45) is -0.865. The maximum atomic E-state index is 13.2. The molecule has 0 aromatic heterocycles. The maximum Gasteiger partial charge on any atom is 0.310 e. The molecule has 5 rings (SSSR count). The van der Waals surface area contributed by atoms with Crippen molar-refractivity contribution in [3.05, 3.63) is 41.0 Å². The van der Waals surface area contributed by atoms with Gasteiger partial charge in [-0.1, -0.05) is 0 Å². The molecule has 0 bridgehead atoms. The van der Waals surface area contributed by atoms with E-state index in [1.165, 1.54) is 21.3 Å². The number of benzene rings is 2. The molecule has 0 radical (unpaired) electrons. The molecule has 2 aromatic rings. The van der Waals surface area contributed by atoms with Crippen LogP contribution in [0.1, 0.15) is 48.0 Å². The lowest BCUT2D eigenvalue weighted by Crippen LogP contribution is -2.36. The van der Waals surface area contributed by atoms with E-state index >= 15 is 0 Å². The lowest BCUT2D eigenvalue weighted by molar-refractivity contribution is -0.154. The van der Waals surface area contributed by atoms with Gasteiger partial charge < -0.3 is 38.3 Å². The molecular weight excluding hydrogens is 500 g/mol. The number of ether oxygens (including phenoxy) is 7. The first-order chi connectivity index (χ1) is 18.4. The zero-order valence-electron chi connectivity index (χ0n) is 21.2. The fraction of sp³-hybridized carbons (Fsp3) is 0.444. The number of rotatable bonds is 9. The second kappa shape index (κ2) is 10.3. The summed E-state index contributed by atoms with van der Waals surface area (Å²) in [6.45, 7) is 0.104. The molecule has 11 nitrogen and oxygen atoms in total. The third-order valence-electron chi connectivity index (χ3n) is 7.20. The van der Waals surface area contributed by atoms with Crippen LogP contribution in [0.3, 0.4) is 0 Å². The monoisotopic (exact) mass is 528 g/mol. The number of hydrogen-bond acceptors (Lipinski definition) is 10. The Balaban J connectivity index is 1.62. The smallest absolute Gasteiger partial charge is 0.310 e. The zero-order valence-corrected chi connectivity index (χ0v) is 21.2. The summed E-state index contributed by atoms with van der Waals surface area (Å²) in [5.41, 5.74) is 2.10. The molecule has 0 unspecified atom stereocenters. The van der Waals surface area contributed by atoms with Crippen molar-refractivity contribution in [2.75, 3.05) is 34.7 Å². The van der Waals surface area contributed by atoms with Crippen molar-refractivity contribution in [3.8, 4) is 28.7 Å². The molecule has 38 heavy (non-hydrogen) atoms. The highest BCUT2D eigenvalue weighted by atomic mass is 16.7. The van der Waals surface area contributed by atoms with E-state index in [0.29, 0.717) is 39.9 Å². The largest absolute Gasteiger partial charge is 0.493 e. The lowest BCUT2D eigenvalue weighted by atomic mass is 9.66. The van der Waals surface area contributed by atoms with Gasteiger partial charge in [-0.25, -0.2) is 0 Å². The summed E-state index contributed by atoms with van der Waals surface area (Å²) in [4.78, 5) is 36.8. The zero-order chi connectivity index (χ0) is 27.0. The second-order valence-corrected chi connectivity index (χ2v) is 9.25. The molecule has 2 aliphatic heterocycles. The van der Waals surface area contributed by atoms with Crippen LogP contribution >= 0.6 is 0 Å². The fourth-order valence-corrected chi connectivity index (χ4v) is 5.53. The predicted molar refractivity (Wildman–Crippen MR) is 129 cm³/mol. The van der Waals surface area contributed by atoms with Gasteiger partial charge in [-0.05, 0) is 41.8 Å². The summed E-state index contributed by atoms with van der Waals surface area (Å²) in [6, 6.07) is 7.16. The van der Waals surface area contributed by atoms with E-state index in [1.807, 2.05) is 0 Å². The minimum absolute atomic E-state index is 0.0433. The number of aliphatic carboxylic acids is 1. The van der Waals surface area contributed by atoms with Crippen LogP contribution in [-0.2, 0) is 23.9 Å². The van der Waals surface area contributed by atoms with Crippen LogP contribution in [-0.4, -0.2) is 57.7 Å². The van der Waals surface area contributed by atoms with Crippen LogP contribution in [0.2, 0.25) is 0 Å². The summed E-state index contributed by atoms with van der Waals surface area (Å²) in [5.74, 6) is -1.33. The minimum atomic E-state index is -0.989. The van der Waals surface area contributed by atoms with Crippen molar-refractivity contribution in [2.24, 2.45) is 11.8 Å². The van der Waals surface area contributed by atoms with E-state index in [2.05, 4.69) is 0 Å². The molecule has 1 aliphatic carbocycles. The topological polar surface area (TPSA) is 136 Å². The Morgan fingerprint density at radius 2 is 1.58 bits per heavy atom. The molecule has 11 heteroatoms. The van der Waals surface area contributed by atoms with Gasteiger partial charge in [0, 0.05) is 30.2 Å². The average molecular weight is 529 g/mol. The Hall–Kier alpha value is -4.15. The molecule has 0 spiro atoms. The average Bonchev–Trinajstić information content (AvgIpc) is 3.52. The number of cyclic esters (lactones) is 1. The van der Waals surface area contributed by atoms with Crippen molar-refractivity contribution in [2.45, 2.75) is 31.3 Å². The number of fused-ring (bicyclic) bond motifs is 3. The molecule has 1 fully saturated rings. The highest BCUT2D eigenvalue weighted by Gasteiger charge is 2.54. The maximum absolute atomic E-state index is 13.2. The van der Waals surface area contributed by atoms with E-state index in [9.17, 15) is 14.4 Å². The SMILES string of the molecule is COc1cc([C@H]2c3cc4c(cc3[C@H](OC(=O)CCCC(=O)O)[C@H]3COC(=O)[C@H]23)OCO4)cc(OC)c1OC. The number of carbonyl (C=O) groups excluding carboxylic acids is 2. The first kappa shape index (κ1) is 25.5. The highest BCUT2D eigenvalue weighted by Crippen LogP contribution is 2.56. The number of carboxylic acid groups (broad SMARTS) is 1. The Morgan fingerprint density at radius 3 is 2.18 bits per heavy atom. The van der Waals surface area contributed by atoms with Crippen molar-refractivity contribution in [3.63, 3.8) is 0 Å². The van der Waals surface area contributed by atoms with Crippen LogP contribution in [0.4, 0.5) is 0 Å². The van der Waals surface area contributed by atoms with Gasteiger partial charge in [0.15, 0.2) is 23.0 Å². The molecule has 2 aromatic carbocycles. The molecule has 4 atom stereocenters. The molecule has 1 N–H and O–H groups in total. The van der Waals surface area contributed by atoms with Crippen molar-refractivity contribution in [1.29, 1.82) is 0 Å². The second-order valence-electron chi connectivity index (χ2n) is 9.25. The standard InChI is InChI=1S/C27H28O11/c1-32-19-7-13(8-20(33-2)26(19)34-3)23-14-9-17-18(37-12-36-17)10-15(14)25(16-11-35-27(31)24(16)23)38-22(30)6-4-5-21(28)29/h7-10,16,23-25H,4-6,11-12H2,1-3H3,(H,28,29)/t16-,23-,24-,25-/m0/s1. The number of esters is 2. The van der Waals surface area contributed by atoms with Gasteiger partial charge in [-0.15, -0.1) is 0 Å². The van der Waals surface area contributed by atoms with Crippen LogP contribution in [0.15, 0.2) is 24.3 Å². The van der Waals surface area contributed by atoms with Crippen molar-refractivity contribution >= 4 is 17.9 Å². The highest BCUT2D eigenvalue weighted by molar-refractivity contribution is 5.79. The Bertz CT molecular complexity index is 1240. The summed E-state index contributed by atoms with van der Waals surface area (Å²) >= 11 is 0. The van der Waals surface area contributed by atoms with Gasteiger partial charge in [0.25, 0.3) is 0 Å². The quantitative estimate of drug-likeness (QED) is 0.481. The molecule has 2 heterocycles. The van der Waals surface area contributed by atoms with Gasteiger partial charge in [-0.3, -0.25) is 14.4 Å². The van der Waals surface area contributed by atoms with E-state index in [-0.39, 0.29) is 32.7 Å². The summed E-state index contributed by atoms with van der Waals surface area (Å²) < 4.78 is 39.2. The predicted octanol–water partition coefficient (Wildman–Crippen LogP) is 3.22. The van der Waals surface area contributed by atoms with E-state index in [0.717, 1.165) is 5.56 Å². The van der Waals surface area contributed by atoms with Gasteiger partial charge in [0.1, 0.15) is 6.10 Å². The van der Waals surface area contributed by atoms with Crippen molar-refractivity contribution in [1.82, 2.24) is 0 Å². The van der Waals surface area contributed by atoms with Crippen LogP contribution in [0.25, 0.3) is 0 Å². The number of methoxy groups -OCH3 is 3. The first-order valence-electron chi connectivity index (χ1n) is 12.2. The normalized spacial score (nSPS) is 22.7. The Morgan fingerprint density at radius 1 is 0.921 bits per heavy atom. The third kappa shape index (κ3) is 4.42. The summed E-state index contributed by atoms with van der Waals surface area (Å²) in [5, 5.41) is 8.91. The Labute approximate surface area is 218 Å². The summed E-state index contributed by atoms with van der Waals surface area (Å²) in [7, 11) is 4.54. The molecule has 3 aliphatic rings. The van der Waals surface area contributed by atoms with E-state index in [1.54, 1.807) is 24.3 Å². The van der Waals surface area contributed by atoms with Crippen LogP contribution in [0, 0.1) is 11.8 Å². The fourth-order valence-electron chi connectivity index (χ4n) is 5.53. The molecular formula is C27H28O11. The molecule has 0 amide bonds. The first-order valence-corrected chi connectivity index (χ1v) is 12.2. The van der Waals surface area contributed by atoms with Crippen LogP contribution < -0.4 is 23.7 Å². The lowest BCUT2D eigenvalue weighted by Gasteiger charge is -2.38. The van der Waals surface area contributed by atoms with E-state index < -0.39 is 41.8 Å². The molecule has 0 saturated carbocycles. The molecule has 1 saturated heterocycles. The number of carbonyl (C=O) groups is 3. The number of carboxylic acids is 1.